The van der Waals surface area contributed by atoms with E-state index in [1.807, 2.05) is 32.0 Å². The van der Waals surface area contributed by atoms with Gasteiger partial charge in [-0.15, -0.1) is 11.3 Å². The van der Waals surface area contributed by atoms with Gasteiger partial charge in [-0.3, -0.25) is 9.10 Å². The number of benzene rings is 1. The smallest absolute Gasteiger partial charge is 0.308 e. The van der Waals surface area contributed by atoms with Crippen molar-refractivity contribution in [3.63, 3.8) is 0 Å². The second-order valence-corrected chi connectivity index (χ2v) is 8.88. The number of carbonyl (C=O) groups is 1. The van der Waals surface area contributed by atoms with Gasteiger partial charge in [-0.25, -0.2) is 8.42 Å². The SMILES string of the molecule is CC(C)c1cccc(N(C)S(=O)(=O)c2ccc(CC(=O)O)s2)c1. The molecule has 5 nitrogen and oxygen atoms in total. The lowest BCUT2D eigenvalue weighted by Gasteiger charge is -2.19. The summed E-state index contributed by atoms with van der Waals surface area (Å²) in [4.78, 5) is 11.2. The summed E-state index contributed by atoms with van der Waals surface area (Å²) in [6.45, 7) is 4.09. The van der Waals surface area contributed by atoms with Crippen LogP contribution in [0.25, 0.3) is 0 Å². The molecule has 1 aromatic carbocycles. The minimum Gasteiger partial charge on any atom is -0.481 e. The zero-order chi connectivity index (χ0) is 17.2. The number of nitrogens with zero attached hydrogens (tertiary/aromatic N) is 1. The molecule has 0 bridgehead atoms. The van der Waals surface area contributed by atoms with Crippen LogP contribution in [-0.2, 0) is 21.2 Å². The topological polar surface area (TPSA) is 74.7 Å². The molecular weight excluding hydrogens is 334 g/mol. The number of thiophene rings is 1. The first-order chi connectivity index (χ1) is 10.7. The Kier molecular flexibility index (Phi) is 5.11. The lowest BCUT2D eigenvalue weighted by atomic mass is 10.0. The Hall–Kier alpha value is -1.86. The van der Waals surface area contributed by atoms with Crippen LogP contribution in [-0.4, -0.2) is 26.5 Å². The molecule has 0 saturated carbocycles. The molecule has 0 aliphatic rings. The maximum atomic E-state index is 12.7. The molecule has 0 fully saturated rings. The van der Waals surface area contributed by atoms with Crippen LogP contribution in [0.2, 0.25) is 0 Å². The van der Waals surface area contributed by atoms with E-state index in [2.05, 4.69) is 0 Å². The normalized spacial score (nSPS) is 11.7. The molecule has 124 valence electrons. The summed E-state index contributed by atoms with van der Waals surface area (Å²) in [7, 11) is -2.19. The van der Waals surface area contributed by atoms with Crippen LogP contribution in [0.3, 0.4) is 0 Å². The van der Waals surface area contributed by atoms with Crippen LogP contribution >= 0.6 is 11.3 Å². The summed E-state index contributed by atoms with van der Waals surface area (Å²) < 4.78 is 26.8. The molecule has 0 atom stereocenters. The average Bonchev–Trinajstić information content (AvgIpc) is 2.95. The second-order valence-electron chi connectivity index (χ2n) is 5.51. The number of carboxylic acids is 1. The molecule has 1 heterocycles. The third-order valence-electron chi connectivity index (χ3n) is 3.48. The Balaban J connectivity index is 2.33. The molecule has 0 saturated heterocycles. The number of carboxylic acid groups (broad SMARTS) is 1. The molecule has 2 rings (SSSR count). The first kappa shape index (κ1) is 17.5. The third-order valence-corrected chi connectivity index (χ3v) is 6.82. The molecule has 7 heteroatoms. The number of anilines is 1. The van der Waals surface area contributed by atoms with Crippen molar-refractivity contribution in [2.45, 2.75) is 30.4 Å². The molecule has 1 N–H and O–H groups in total. The van der Waals surface area contributed by atoms with Gasteiger partial charge >= 0.3 is 5.97 Å². The van der Waals surface area contributed by atoms with E-state index in [-0.39, 0.29) is 10.6 Å². The number of hydrogen-bond donors (Lipinski definition) is 1. The first-order valence-electron chi connectivity index (χ1n) is 7.11. The number of rotatable bonds is 6. The summed E-state index contributed by atoms with van der Waals surface area (Å²) in [5, 5.41) is 8.80. The van der Waals surface area contributed by atoms with E-state index in [9.17, 15) is 13.2 Å². The highest BCUT2D eigenvalue weighted by molar-refractivity contribution is 7.94. The molecule has 23 heavy (non-hydrogen) atoms. The fourth-order valence-electron chi connectivity index (χ4n) is 2.09. The van der Waals surface area contributed by atoms with E-state index >= 15 is 0 Å². The fraction of sp³-hybridized carbons (Fsp3) is 0.312. The van der Waals surface area contributed by atoms with Gasteiger partial charge in [0.05, 0.1) is 12.1 Å². The van der Waals surface area contributed by atoms with Gasteiger partial charge in [-0.2, -0.15) is 0 Å². The van der Waals surface area contributed by atoms with Crippen LogP contribution in [0.1, 0.15) is 30.2 Å². The van der Waals surface area contributed by atoms with Crippen LogP contribution in [0.4, 0.5) is 5.69 Å². The van der Waals surface area contributed by atoms with Crippen molar-refractivity contribution in [2.75, 3.05) is 11.4 Å². The molecule has 0 radical (unpaired) electrons. The van der Waals surface area contributed by atoms with Crippen LogP contribution in [0.5, 0.6) is 0 Å². The maximum absolute atomic E-state index is 12.7. The molecule has 0 aliphatic carbocycles. The zero-order valence-electron chi connectivity index (χ0n) is 13.2. The predicted octanol–water partition coefficient (Wildman–Crippen LogP) is 3.32. The quantitative estimate of drug-likeness (QED) is 0.864. The summed E-state index contributed by atoms with van der Waals surface area (Å²) >= 11 is 0.991. The molecule has 0 spiro atoms. The highest BCUT2D eigenvalue weighted by atomic mass is 32.2. The Morgan fingerprint density at radius 3 is 2.57 bits per heavy atom. The van der Waals surface area contributed by atoms with Crippen LogP contribution < -0.4 is 4.31 Å². The van der Waals surface area contributed by atoms with Gasteiger partial charge in [-0.1, -0.05) is 26.0 Å². The second kappa shape index (κ2) is 6.72. The number of sulfonamides is 1. The average molecular weight is 353 g/mol. The van der Waals surface area contributed by atoms with Crippen molar-refractivity contribution in [1.82, 2.24) is 0 Å². The largest absolute Gasteiger partial charge is 0.481 e. The highest BCUT2D eigenvalue weighted by Crippen LogP contribution is 2.29. The van der Waals surface area contributed by atoms with Gasteiger partial charge in [0.15, 0.2) is 0 Å². The van der Waals surface area contributed by atoms with Gasteiger partial charge in [0.25, 0.3) is 10.0 Å². The Labute approximate surface area is 140 Å². The van der Waals surface area contributed by atoms with Crippen molar-refractivity contribution in [3.8, 4) is 0 Å². The minimum atomic E-state index is -3.69. The lowest BCUT2D eigenvalue weighted by molar-refractivity contribution is -0.136. The molecule has 0 amide bonds. The first-order valence-corrected chi connectivity index (χ1v) is 9.37. The molecule has 0 unspecified atom stereocenters. The standard InChI is InChI=1S/C16H19NO4S2/c1-11(2)12-5-4-6-13(9-12)17(3)23(20,21)16-8-7-14(22-16)10-15(18)19/h4-9,11H,10H2,1-3H3,(H,18,19). The van der Waals surface area contributed by atoms with E-state index in [4.69, 9.17) is 5.11 Å². The third kappa shape index (κ3) is 3.92. The summed E-state index contributed by atoms with van der Waals surface area (Å²) in [5.41, 5.74) is 1.65. The molecule has 1 aromatic heterocycles. The number of hydrogen-bond acceptors (Lipinski definition) is 4. The van der Waals surface area contributed by atoms with E-state index in [0.29, 0.717) is 16.5 Å². The van der Waals surface area contributed by atoms with Crippen molar-refractivity contribution < 1.29 is 18.3 Å². The van der Waals surface area contributed by atoms with Crippen LogP contribution in [0.15, 0.2) is 40.6 Å². The Bertz CT molecular complexity index is 809. The van der Waals surface area contributed by atoms with Gasteiger partial charge in [0, 0.05) is 11.9 Å². The maximum Gasteiger partial charge on any atom is 0.308 e. The Morgan fingerprint density at radius 2 is 1.96 bits per heavy atom. The summed E-state index contributed by atoms with van der Waals surface area (Å²) in [6.07, 6.45) is -0.174. The van der Waals surface area contributed by atoms with Gasteiger partial charge in [0.1, 0.15) is 4.21 Å². The minimum absolute atomic E-state index is 0.145. The number of aliphatic carboxylic acids is 1. The fourth-order valence-corrected chi connectivity index (χ4v) is 4.80. The van der Waals surface area contributed by atoms with Crippen molar-refractivity contribution >= 4 is 33.0 Å². The monoisotopic (exact) mass is 353 g/mol. The zero-order valence-corrected chi connectivity index (χ0v) is 14.8. The van der Waals surface area contributed by atoms with E-state index < -0.39 is 16.0 Å². The van der Waals surface area contributed by atoms with Crippen molar-refractivity contribution in [3.05, 3.63) is 46.8 Å². The van der Waals surface area contributed by atoms with Gasteiger partial charge in [-0.05, 0) is 35.7 Å². The van der Waals surface area contributed by atoms with Gasteiger partial charge < -0.3 is 5.11 Å². The van der Waals surface area contributed by atoms with Crippen LogP contribution in [0, 0.1) is 0 Å². The molecular formula is C16H19NO4S2. The molecule has 0 aliphatic heterocycles. The summed E-state index contributed by atoms with van der Waals surface area (Å²) in [6, 6.07) is 10.4. The lowest BCUT2D eigenvalue weighted by Crippen LogP contribution is -2.25. The van der Waals surface area contributed by atoms with Gasteiger partial charge in [0.2, 0.25) is 0 Å². The van der Waals surface area contributed by atoms with E-state index in [0.717, 1.165) is 16.9 Å². The van der Waals surface area contributed by atoms with E-state index in [1.165, 1.54) is 17.4 Å². The Morgan fingerprint density at radius 1 is 1.26 bits per heavy atom. The summed E-state index contributed by atoms with van der Waals surface area (Å²) in [5.74, 6) is -0.677. The molecule has 2 aromatic rings. The highest BCUT2D eigenvalue weighted by Gasteiger charge is 2.24. The van der Waals surface area contributed by atoms with Crippen molar-refractivity contribution in [2.24, 2.45) is 0 Å². The van der Waals surface area contributed by atoms with E-state index in [1.54, 1.807) is 12.1 Å². The van der Waals surface area contributed by atoms with Crippen molar-refractivity contribution in [1.29, 1.82) is 0 Å². The predicted molar refractivity (Wildman–Crippen MR) is 91.8 cm³/mol.